The van der Waals surface area contributed by atoms with Crippen LogP contribution in [0.1, 0.15) is 0 Å². The van der Waals surface area contributed by atoms with E-state index in [2.05, 4.69) is 4.98 Å². The molecule has 0 N–H and O–H groups in total. The van der Waals surface area contributed by atoms with Crippen molar-refractivity contribution in [2.24, 2.45) is 0 Å². The van der Waals surface area contributed by atoms with E-state index in [4.69, 9.17) is 11.6 Å². The van der Waals surface area contributed by atoms with Crippen molar-refractivity contribution < 1.29 is 8.78 Å². The molecule has 1 aromatic rings. The van der Waals surface area contributed by atoms with E-state index in [1.165, 1.54) is 4.90 Å². The lowest BCUT2D eigenvalue weighted by Crippen LogP contribution is -2.24. The first kappa shape index (κ1) is 10.2. The summed E-state index contributed by atoms with van der Waals surface area (Å²) in [7, 11) is 1.55. The summed E-state index contributed by atoms with van der Waals surface area (Å²) < 4.78 is 23.9. The normalized spacial score (nSPS) is 10.5. The fraction of sp³-hybridized carbons (Fsp3) is 0.375. The fourth-order valence-corrected chi connectivity index (χ4v) is 1.07. The second kappa shape index (κ2) is 4.37. The summed E-state index contributed by atoms with van der Waals surface area (Å²) in [4.78, 5) is 5.24. The highest BCUT2D eigenvalue weighted by Crippen LogP contribution is 2.13. The van der Waals surface area contributed by atoms with Gasteiger partial charge in [-0.05, 0) is 12.1 Å². The third kappa shape index (κ3) is 3.14. The first-order valence-electron chi connectivity index (χ1n) is 3.71. The fourth-order valence-electron chi connectivity index (χ4n) is 0.911. The number of nitrogens with zero attached hydrogens (tertiary/aromatic N) is 2. The van der Waals surface area contributed by atoms with Crippen LogP contribution in [0, 0.1) is 0 Å². The molecular weight excluding hydrogens is 198 g/mol. The second-order valence-corrected chi connectivity index (χ2v) is 2.98. The summed E-state index contributed by atoms with van der Waals surface area (Å²) in [5.74, 6) is 0.452. The Bertz CT molecular complexity index is 281. The molecule has 0 bridgehead atoms. The van der Waals surface area contributed by atoms with Crippen LogP contribution in [-0.2, 0) is 0 Å². The molecule has 1 heterocycles. The van der Waals surface area contributed by atoms with Gasteiger partial charge in [0.1, 0.15) is 11.0 Å². The third-order valence-electron chi connectivity index (χ3n) is 1.50. The van der Waals surface area contributed by atoms with Crippen LogP contribution in [0.15, 0.2) is 18.2 Å². The SMILES string of the molecule is CN(CC(F)F)c1cccc(Cl)n1. The van der Waals surface area contributed by atoms with E-state index in [0.29, 0.717) is 11.0 Å². The number of pyridine rings is 1. The Labute approximate surface area is 80.1 Å². The molecule has 0 amide bonds. The molecule has 0 saturated carbocycles. The van der Waals surface area contributed by atoms with Crippen molar-refractivity contribution in [3.8, 4) is 0 Å². The van der Waals surface area contributed by atoms with Crippen LogP contribution < -0.4 is 4.90 Å². The number of aromatic nitrogens is 1. The standard InChI is InChI=1S/C8H9ClF2N2/c1-13(5-7(10)11)8-4-2-3-6(9)12-8/h2-4,7H,5H2,1H3. The van der Waals surface area contributed by atoms with Crippen LogP contribution in [0.2, 0.25) is 5.15 Å². The number of halogens is 3. The van der Waals surface area contributed by atoms with Gasteiger partial charge in [0, 0.05) is 7.05 Å². The maximum atomic E-state index is 12.0. The Morgan fingerprint density at radius 1 is 1.54 bits per heavy atom. The molecular formula is C8H9ClF2N2. The van der Waals surface area contributed by atoms with Gasteiger partial charge in [0.05, 0.1) is 6.54 Å². The highest BCUT2D eigenvalue weighted by atomic mass is 35.5. The zero-order valence-corrected chi connectivity index (χ0v) is 7.80. The Balaban J connectivity index is 2.71. The van der Waals surface area contributed by atoms with Crippen molar-refractivity contribution >= 4 is 17.4 Å². The molecule has 1 rings (SSSR count). The molecule has 0 aliphatic heterocycles. The molecule has 1 aromatic heterocycles. The Kier molecular flexibility index (Phi) is 3.42. The summed E-state index contributed by atoms with van der Waals surface area (Å²) in [6, 6.07) is 4.90. The first-order valence-corrected chi connectivity index (χ1v) is 4.09. The van der Waals surface area contributed by atoms with Gasteiger partial charge in [-0.1, -0.05) is 17.7 Å². The average molecular weight is 207 g/mol. The summed E-state index contributed by atoms with van der Waals surface area (Å²) in [6.45, 7) is -0.340. The monoisotopic (exact) mass is 206 g/mol. The molecule has 0 atom stereocenters. The third-order valence-corrected chi connectivity index (χ3v) is 1.71. The molecule has 0 unspecified atom stereocenters. The molecule has 0 fully saturated rings. The minimum atomic E-state index is -2.37. The maximum Gasteiger partial charge on any atom is 0.255 e. The molecule has 0 spiro atoms. The Hall–Kier alpha value is -0.900. The maximum absolute atomic E-state index is 12.0. The largest absolute Gasteiger partial charge is 0.354 e. The van der Waals surface area contributed by atoms with Crippen molar-refractivity contribution in [2.45, 2.75) is 6.43 Å². The zero-order chi connectivity index (χ0) is 9.84. The average Bonchev–Trinajstić information content (AvgIpc) is 2.03. The second-order valence-electron chi connectivity index (χ2n) is 2.59. The van der Waals surface area contributed by atoms with Crippen LogP contribution in [0.3, 0.4) is 0 Å². The molecule has 0 aromatic carbocycles. The Morgan fingerprint density at radius 3 is 2.77 bits per heavy atom. The van der Waals surface area contributed by atoms with Gasteiger partial charge in [-0.2, -0.15) is 0 Å². The number of alkyl halides is 2. The predicted octanol–water partition coefficient (Wildman–Crippen LogP) is 2.44. The summed E-state index contributed by atoms with van der Waals surface area (Å²) in [5, 5.41) is 0.304. The number of hydrogen-bond acceptors (Lipinski definition) is 2. The molecule has 5 heteroatoms. The van der Waals surface area contributed by atoms with Crippen molar-refractivity contribution in [1.82, 2.24) is 4.98 Å². The van der Waals surface area contributed by atoms with Gasteiger partial charge >= 0.3 is 0 Å². The van der Waals surface area contributed by atoms with Crippen LogP contribution in [0.25, 0.3) is 0 Å². The molecule has 72 valence electrons. The molecule has 0 radical (unpaired) electrons. The molecule has 0 aliphatic carbocycles. The highest BCUT2D eigenvalue weighted by Gasteiger charge is 2.09. The van der Waals surface area contributed by atoms with Crippen LogP contribution in [-0.4, -0.2) is 25.0 Å². The smallest absolute Gasteiger partial charge is 0.255 e. The van der Waals surface area contributed by atoms with E-state index in [1.807, 2.05) is 0 Å². The first-order chi connectivity index (χ1) is 6.09. The lowest BCUT2D eigenvalue weighted by atomic mass is 10.4. The summed E-state index contributed by atoms with van der Waals surface area (Å²) >= 11 is 5.60. The quantitative estimate of drug-likeness (QED) is 0.707. The van der Waals surface area contributed by atoms with E-state index < -0.39 is 6.43 Å². The van der Waals surface area contributed by atoms with Crippen LogP contribution in [0.4, 0.5) is 14.6 Å². The van der Waals surface area contributed by atoms with Crippen molar-refractivity contribution in [1.29, 1.82) is 0 Å². The zero-order valence-electron chi connectivity index (χ0n) is 7.04. The van der Waals surface area contributed by atoms with Gasteiger partial charge in [-0.25, -0.2) is 13.8 Å². The van der Waals surface area contributed by atoms with Crippen LogP contribution in [0.5, 0.6) is 0 Å². The molecule has 0 aliphatic rings. The van der Waals surface area contributed by atoms with E-state index in [0.717, 1.165) is 0 Å². The predicted molar refractivity (Wildman–Crippen MR) is 48.5 cm³/mol. The Morgan fingerprint density at radius 2 is 2.23 bits per heavy atom. The molecule has 13 heavy (non-hydrogen) atoms. The van der Waals surface area contributed by atoms with E-state index in [9.17, 15) is 8.78 Å². The van der Waals surface area contributed by atoms with Gasteiger partial charge < -0.3 is 4.90 Å². The van der Waals surface area contributed by atoms with Gasteiger partial charge in [0.15, 0.2) is 0 Å². The van der Waals surface area contributed by atoms with Gasteiger partial charge in [-0.15, -0.1) is 0 Å². The lowest BCUT2D eigenvalue weighted by Gasteiger charge is -2.17. The number of rotatable bonds is 3. The number of anilines is 1. The number of hydrogen-bond donors (Lipinski definition) is 0. The molecule has 0 saturated heterocycles. The van der Waals surface area contributed by atoms with Gasteiger partial charge in [-0.3, -0.25) is 0 Å². The van der Waals surface area contributed by atoms with Gasteiger partial charge in [0.2, 0.25) is 0 Å². The highest BCUT2D eigenvalue weighted by molar-refractivity contribution is 6.29. The van der Waals surface area contributed by atoms with Gasteiger partial charge in [0.25, 0.3) is 6.43 Å². The lowest BCUT2D eigenvalue weighted by molar-refractivity contribution is 0.156. The van der Waals surface area contributed by atoms with Crippen LogP contribution >= 0.6 is 11.6 Å². The van der Waals surface area contributed by atoms with E-state index >= 15 is 0 Å². The minimum Gasteiger partial charge on any atom is -0.354 e. The van der Waals surface area contributed by atoms with Crippen molar-refractivity contribution in [3.63, 3.8) is 0 Å². The van der Waals surface area contributed by atoms with E-state index in [1.54, 1.807) is 25.2 Å². The summed E-state index contributed by atoms with van der Waals surface area (Å²) in [5.41, 5.74) is 0. The summed E-state index contributed by atoms with van der Waals surface area (Å²) in [6.07, 6.45) is -2.37. The topological polar surface area (TPSA) is 16.1 Å². The van der Waals surface area contributed by atoms with E-state index in [-0.39, 0.29) is 6.54 Å². The van der Waals surface area contributed by atoms with Crippen molar-refractivity contribution in [2.75, 3.05) is 18.5 Å². The minimum absolute atomic E-state index is 0.304. The molecule has 2 nitrogen and oxygen atoms in total. The van der Waals surface area contributed by atoms with Crippen molar-refractivity contribution in [3.05, 3.63) is 23.4 Å².